The van der Waals surface area contributed by atoms with Crippen molar-refractivity contribution < 1.29 is 9.59 Å². The van der Waals surface area contributed by atoms with Gasteiger partial charge in [0.2, 0.25) is 11.8 Å². The summed E-state index contributed by atoms with van der Waals surface area (Å²) in [6.07, 6.45) is 1.99. The summed E-state index contributed by atoms with van der Waals surface area (Å²) >= 11 is 6.08. The fraction of sp³-hybridized carbons (Fsp3) is 0.556. The van der Waals surface area contributed by atoms with Gasteiger partial charge in [-0.05, 0) is 57.2 Å². The van der Waals surface area contributed by atoms with Gasteiger partial charge in [-0.3, -0.25) is 9.59 Å². The van der Waals surface area contributed by atoms with Gasteiger partial charge in [0.1, 0.15) is 5.41 Å². The van der Waals surface area contributed by atoms with Crippen molar-refractivity contribution in [1.29, 1.82) is 0 Å². The predicted octanol–water partition coefficient (Wildman–Crippen LogP) is 3.87. The average molecular weight is 337 g/mol. The second kappa shape index (κ2) is 6.91. The summed E-state index contributed by atoms with van der Waals surface area (Å²) in [6.45, 7) is 8.87. The number of hydrogen-bond acceptors (Lipinski definition) is 2. The molecule has 0 aromatic heterocycles. The maximum atomic E-state index is 12.7. The van der Waals surface area contributed by atoms with Gasteiger partial charge in [-0.15, -0.1) is 0 Å². The molecule has 0 radical (unpaired) electrons. The van der Waals surface area contributed by atoms with E-state index in [0.717, 1.165) is 31.5 Å². The maximum Gasteiger partial charge on any atom is 0.239 e. The molecule has 0 unspecified atom stereocenters. The van der Waals surface area contributed by atoms with Crippen molar-refractivity contribution in [2.45, 2.75) is 40.5 Å². The first-order valence-corrected chi connectivity index (χ1v) is 8.47. The Labute approximate surface area is 143 Å². The number of benzene rings is 1. The van der Waals surface area contributed by atoms with Crippen LogP contribution in [0.15, 0.2) is 18.2 Å². The number of piperidine rings is 1. The van der Waals surface area contributed by atoms with E-state index in [4.69, 9.17) is 11.6 Å². The summed E-state index contributed by atoms with van der Waals surface area (Å²) in [6, 6.07) is 5.35. The smallest absolute Gasteiger partial charge is 0.239 e. The van der Waals surface area contributed by atoms with Crippen molar-refractivity contribution in [1.82, 2.24) is 4.90 Å². The predicted molar refractivity (Wildman–Crippen MR) is 93.6 cm³/mol. The second-order valence-electron chi connectivity index (χ2n) is 6.97. The van der Waals surface area contributed by atoms with E-state index in [-0.39, 0.29) is 11.8 Å². The highest BCUT2D eigenvalue weighted by atomic mass is 35.5. The van der Waals surface area contributed by atoms with Crippen LogP contribution < -0.4 is 5.32 Å². The van der Waals surface area contributed by atoms with Crippen LogP contribution in [-0.2, 0) is 9.59 Å². The van der Waals surface area contributed by atoms with E-state index in [2.05, 4.69) is 12.2 Å². The molecule has 126 valence electrons. The number of anilines is 1. The van der Waals surface area contributed by atoms with Crippen LogP contribution >= 0.6 is 11.6 Å². The topological polar surface area (TPSA) is 49.4 Å². The van der Waals surface area contributed by atoms with Gasteiger partial charge in [0.15, 0.2) is 0 Å². The van der Waals surface area contributed by atoms with Gasteiger partial charge in [0.05, 0.1) is 0 Å². The molecule has 0 aliphatic carbocycles. The average Bonchev–Trinajstić information content (AvgIpc) is 2.51. The Morgan fingerprint density at radius 2 is 1.87 bits per heavy atom. The molecule has 1 aromatic rings. The lowest BCUT2D eigenvalue weighted by Crippen LogP contribution is -2.49. The van der Waals surface area contributed by atoms with Crippen LogP contribution in [0.2, 0.25) is 5.02 Å². The molecule has 5 heteroatoms. The molecule has 0 atom stereocenters. The van der Waals surface area contributed by atoms with E-state index in [1.807, 2.05) is 11.8 Å². The van der Waals surface area contributed by atoms with Gasteiger partial charge < -0.3 is 10.2 Å². The summed E-state index contributed by atoms with van der Waals surface area (Å²) in [5.74, 6) is 0.234. The number of amides is 2. The Hall–Kier alpha value is -1.55. The van der Waals surface area contributed by atoms with E-state index < -0.39 is 5.41 Å². The molecule has 23 heavy (non-hydrogen) atoms. The van der Waals surface area contributed by atoms with E-state index >= 15 is 0 Å². The minimum absolute atomic E-state index is 0.110. The van der Waals surface area contributed by atoms with Crippen molar-refractivity contribution in [3.63, 3.8) is 0 Å². The van der Waals surface area contributed by atoms with E-state index in [1.165, 1.54) is 0 Å². The number of halogens is 1. The zero-order valence-corrected chi connectivity index (χ0v) is 15.0. The lowest BCUT2D eigenvalue weighted by Gasteiger charge is -2.35. The third-order valence-corrected chi connectivity index (χ3v) is 5.10. The van der Waals surface area contributed by atoms with Crippen molar-refractivity contribution in [2.75, 3.05) is 18.4 Å². The molecule has 1 fully saturated rings. The molecule has 4 nitrogen and oxygen atoms in total. The summed E-state index contributed by atoms with van der Waals surface area (Å²) in [5, 5.41) is 3.44. The maximum absolute atomic E-state index is 12.7. The normalized spacial score (nSPS) is 16.3. The van der Waals surface area contributed by atoms with Crippen LogP contribution in [0.1, 0.15) is 39.2 Å². The minimum atomic E-state index is -1.10. The summed E-state index contributed by atoms with van der Waals surface area (Å²) < 4.78 is 0. The third-order valence-electron chi connectivity index (χ3n) is 4.69. The van der Waals surface area contributed by atoms with Crippen LogP contribution in [-0.4, -0.2) is 29.8 Å². The zero-order valence-electron chi connectivity index (χ0n) is 14.3. The zero-order chi connectivity index (χ0) is 17.2. The quantitative estimate of drug-likeness (QED) is 0.852. The fourth-order valence-corrected chi connectivity index (χ4v) is 2.90. The number of nitrogens with zero attached hydrogens (tertiary/aromatic N) is 1. The number of nitrogens with one attached hydrogen (secondary N) is 1. The molecule has 0 bridgehead atoms. The first-order valence-electron chi connectivity index (χ1n) is 8.09. The number of hydrogen-bond donors (Lipinski definition) is 1. The van der Waals surface area contributed by atoms with Crippen LogP contribution in [0.5, 0.6) is 0 Å². The molecule has 1 aromatic carbocycles. The van der Waals surface area contributed by atoms with Gasteiger partial charge in [-0.1, -0.05) is 24.6 Å². The molecule has 2 rings (SSSR count). The molecule has 2 amide bonds. The number of likely N-dealkylation sites (tertiary alicyclic amines) is 1. The van der Waals surface area contributed by atoms with E-state index in [0.29, 0.717) is 16.6 Å². The Kier molecular flexibility index (Phi) is 5.35. The molecule has 1 heterocycles. The molecule has 1 N–H and O–H groups in total. The van der Waals surface area contributed by atoms with Crippen LogP contribution in [0.4, 0.5) is 5.69 Å². The molecular weight excluding hydrogens is 312 g/mol. The van der Waals surface area contributed by atoms with Crippen molar-refractivity contribution in [2.24, 2.45) is 11.3 Å². The van der Waals surface area contributed by atoms with Crippen molar-refractivity contribution in [3.05, 3.63) is 28.8 Å². The second-order valence-corrected chi connectivity index (χ2v) is 7.37. The number of carbonyl (C=O) groups excluding carboxylic acids is 2. The fourth-order valence-electron chi connectivity index (χ4n) is 2.73. The highest BCUT2D eigenvalue weighted by molar-refractivity contribution is 6.31. The number of rotatable bonds is 3. The first kappa shape index (κ1) is 17.8. The van der Waals surface area contributed by atoms with Gasteiger partial charge in [-0.25, -0.2) is 0 Å². The highest BCUT2D eigenvalue weighted by Gasteiger charge is 2.40. The Morgan fingerprint density at radius 3 is 2.48 bits per heavy atom. The van der Waals surface area contributed by atoms with Gasteiger partial charge >= 0.3 is 0 Å². The summed E-state index contributed by atoms with van der Waals surface area (Å²) in [7, 11) is 0. The largest absolute Gasteiger partial charge is 0.342 e. The van der Waals surface area contributed by atoms with Gasteiger partial charge in [0, 0.05) is 23.8 Å². The Balaban J connectivity index is 2.10. The third kappa shape index (κ3) is 3.86. The number of carbonyl (C=O) groups is 2. The lowest BCUT2D eigenvalue weighted by molar-refractivity contribution is -0.147. The Bertz CT molecular complexity index is 605. The van der Waals surface area contributed by atoms with E-state index in [1.54, 1.807) is 32.0 Å². The van der Waals surface area contributed by atoms with Crippen LogP contribution in [0.3, 0.4) is 0 Å². The first-order chi connectivity index (χ1) is 10.7. The van der Waals surface area contributed by atoms with Crippen molar-refractivity contribution in [3.8, 4) is 0 Å². The summed E-state index contributed by atoms with van der Waals surface area (Å²) in [4.78, 5) is 27.2. The molecular formula is C18H25ClN2O2. The van der Waals surface area contributed by atoms with Gasteiger partial charge in [-0.2, -0.15) is 0 Å². The van der Waals surface area contributed by atoms with Crippen LogP contribution in [0, 0.1) is 18.3 Å². The molecule has 0 saturated carbocycles. The SMILES string of the molecule is Cc1c(Cl)cccc1NC(=O)C(C)(C)C(=O)N1CCC(C)CC1. The van der Waals surface area contributed by atoms with Gasteiger partial charge in [0.25, 0.3) is 0 Å². The molecule has 1 aliphatic heterocycles. The lowest BCUT2D eigenvalue weighted by atomic mass is 9.88. The Morgan fingerprint density at radius 1 is 1.26 bits per heavy atom. The highest BCUT2D eigenvalue weighted by Crippen LogP contribution is 2.28. The molecule has 0 spiro atoms. The van der Waals surface area contributed by atoms with Crippen molar-refractivity contribution >= 4 is 29.1 Å². The molecule has 1 aliphatic rings. The summed E-state index contributed by atoms with van der Waals surface area (Å²) in [5.41, 5.74) is 0.350. The standard InChI is InChI=1S/C18H25ClN2O2/c1-12-8-10-21(11-9-12)17(23)18(3,4)16(22)20-15-7-5-6-14(19)13(15)2/h5-7,12H,8-11H2,1-4H3,(H,20,22). The minimum Gasteiger partial charge on any atom is -0.342 e. The van der Waals surface area contributed by atoms with E-state index in [9.17, 15) is 9.59 Å². The monoisotopic (exact) mass is 336 g/mol. The van der Waals surface area contributed by atoms with Crippen LogP contribution in [0.25, 0.3) is 0 Å². The molecule has 1 saturated heterocycles.